The van der Waals surface area contributed by atoms with Gasteiger partial charge in [-0.3, -0.25) is 4.79 Å². The molecule has 0 N–H and O–H groups in total. The average molecular weight is 353 g/mol. The SMILES string of the molecule is Cc1cc(C(=O)N2CCCC(n3ccnc3)C2)c2c(C(C)C)noc2n1. The molecular weight excluding hydrogens is 330 g/mol. The zero-order valence-electron chi connectivity index (χ0n) is 15.3. The number of hydrogen-bond donors (Lipinski definition) is 0. The van der Waals surface area contributed by atoms with Gasteiger partial charge in [0.1, 0.15) is 0 Å². The van der Waals surface area contributed by atoms with Crippen molar-refractivity contribution >= 4 is 17.0 Å². The molecule has 1 amide bonds. The average Bonchev–Trinajstić information content (AvgIpc) is 3.30. The second-order valence-corrected chi connectivity index (χ2v) is 7.27. The third kappa shape index (κ3) is 2.87. The fourth-order valence-electron chi connectivity index (χ4n) is 3.70. The van der Waals surface area contributed by atoms with Crippen LogP contribution >= 0.6 is 0 Å². The van der Waals surface area contributed by atoms with E-state index in [0.29, 0.717) is 17.8 Å². The molecule has 136 valence electrons. The normalized spacial score (nSPS) is 18.0. The molecule has 3 aromatic heterocycles. The number of hydrogen-bond acceptors (Lipinski definition) is 5. The van der Waals surface area contributed by atoms with E-state index in [0.717, 1.165) is 36.2 Å². The van der Waals surface area contributed by atoms with Crippen molar-refractivity contribution in [2.75, 3.05) is 13.1 Å². The highest BCUT2D eigenvalue weighted by Crippen LogP contribution is 2.30. The van der Waals surface area contributed by atoms with Gasteiger partial charge in [-0.15, -0.1) is 0 Å². The summed E-state index contributed by atoms with van der Waals surface area (Å²) in [7, 11) is 0. The number of rotatable bonds is 3. The first-order valence-electron chi connectivity index (χ1n) is 9.08. The molecule has 3 aromatic rings. The zero-order valence-corrected chi connectivity index (χ0v) is 15.3. The van der Waals surface area contributed by atoms with Gasteiger partial charge in [0.25, 0.3) is 11.6 Å². The summed E-state index contributed by atoms with van der Waals surface area (Å²) in [5.74, 6) is 0.183. The smallest absolute Gasteiger partial charge is 0.259 e. The molecule has 1 saturated heterocycles. The fraction of sp³-hybridized carbons (Fsp3) is 0.474. The number of aromatic nitrogens is 4. The number of aryl methyl sites for hydroxylation is 1. The van der Waals surface area contributed by atoms with Crippen LogP contribution in [0.2, 0.25) is 0 Å². The molecule has 7 heteroatoms. The molecule has 1 unspecified atom stereocenters. The molecule has 0 spiro atoms. The molecule has 1 fully saturated rings. The lowest BCUT2D eigenvalue weighted by molar-refractivity contribution is 0.0681. The van der Waals surface area contributed by atoms with Crippen LogP contribution in [0.3, 0.4) is 0 Å². The Morgan fingerprint density at radius 2 is 2.23 bits per heavy atom. The summed E-state index contributed by atoms with van der Waals surface area (Å²) >= 11 is 0. The standard InChI is InChI=1S/C19H23N5O2/c1-12(2)17-16-15(9-13(3)21-18(16)26-22-17)19(25)23-7-4-5-14(10-23)24-8-6-20-11-24/h6,8-9,11-12,14H,4-5,7,10H2,1-3H3. The topological polar surface area (TPSA) is 77.0 Å². The van der Waals surface area contributed by atoms with E-state index in [2.05, 4.69) is 19.7 Å². The second-order valence-electron chi connectivity index (χ2n) is 7.27. The summed E-state index contributed by atoms with van der Waals surface area (Å²) in [6.07, 6.45) is 7.59. The van der Waals surface area contributed by atoms with Crippen LogP contribution in [-0.2, 0) is 0 Å². The quantitative estimate of drug-likeness (QED) is 0.722. The van der Waals surface area contributed by atoms with E-state index in [1.165, 1.54) is 0 Å². The van der Waals surface area contributed by atoms with E-state index in [-0.39, 0.29) is 17.9 Å². The molecule has 1 aliphatic heterocycles. The Bertz CT molecular complexity index is 929. The van der Waals surface area contributed by atoms with E-state index in [1.54, 1.807) is 6.20 Å². The lowest BCUT2D eigenvalue weighted by Crippen LogP contribution is -2.40. The summed E-state index contributed by atoms with van der Waals surface area (Å²) < 4.78 is 7.49. The molecule has 0 aromatic carbocycles. The number of carbonyl (C=O) groups excluding carboxylic acids is 1. The number of imidazole rings is 1. The van der Waals surface area contributed by atoms with Gasteiger partial charge >= 0.3 is 0 Å². The van der Waals surface area contributed by atoms with Crippen LogP contribution in [-0.4, -0.2) is 43.6 Å². The molecule has 0 saturated carbocycles. The second kappa shape index (κ2) is 6.55. The number of likely N-dealkylation sites (tertiary alicyclic amines) is 1. The molecule has 0 radical (unpaired) electrons. The lowest BCUT2D eigenvalue weighted by Gasteiger charge is -2.33. The molecule has 1 aliphatic rings. The number of fused-ring (bicyclic) bond motifs is 1. The Morgan fingerprint density at radius 3 is 2.96 bits per heavy atom. The molecule has 0 aliphatic carbocycles. The number of piperidine rings is 1. The Kier molecular flexibility index (Phi) is 4.22. The van der Waals surface area contributed by atoms with Crippen molar-refractivity contribution in [2.45, 2.75) is 45.6 Å². The van der Waals surface area contributed by atoms with Crippen molar-refractivity contribution in [2.24, 2.45) is 0 Å². The van der Waals surface area contributed by atoms with E-state index >= 15 is 0 Å². The molecule has 7 nitrogen and oxygen atoms in total. The maximum absolute atomic E-state index is 13.4. The summed E-state index contributed by atoms with van der Waals surface area (Å²) in [5, 5.41) is 4.91. The van der Waals surface area contributed by atoms with Crippen LogP contribution in [0.15, 0.2) is 29.3 Å². The van der Waals surface area contributed by atoms with Crippen molar-refractivity contribution in [1.29, 1.82) is 0 Å². The van der Waals surface area contributed by atoms with Gasteiger partial charge in [0.05, 0.1) is 29.0 Å². The van der Waals surface area contributed by atoms with Gasteiger partial charge in [-0.2, -0.15) is 0 Å². The third-order valence-electron chi connectivity index (χ3n) is 5.01. The molecule has 4 heterocycles. The predicted octanol–water partition coefficient (Wildman–Crippen LogP) is 3.33. The Balaban J connectivity index is 1.70. The molecule has 0 bridgehead atoms. The van der Waals surface area contributed by atoms with E-state index in [4.69, 9.17) is 4.52 Å². The summed E-state index contributed by atoms with van der Waals surface area (Å²) in [6.45, 7) is 7.40. The number of pyridine rings is 1. The van der Waals surface area contributed by atoms with Crippen LogP contribution in [0, 0.1) is 6.92 Å². The van der Waals surface area contributed by atoms with Gasteiger partial charge in [0, 0.05) is 31.2 Å². The van der Waals surface area contributed by atoms with E-state index in [9.17, 15) is 4.79 Å². The van der Waals surface area contributed by atoms with Crippen molar-refractivity contribution in [1.82, 2.24) is 24.6 Å². The lowest BCUT2D eigenvalue weighted by atomic mass is 10.00. The van der Waals surface area contributed by atoms with Crippen LogP contribution in [0.4, 0.5) is 0 Å². The number of nitrogens with zero attached hydrogens (tertiary/aromatic N) is 5. The first kappa shape index (κ1) is 16.8. The summed E-state index contributed by atoms with van der Waals surface area (Å²) in [4.78, 5) is 23.8. The molecule has 4 rings (SSSR count). The molecule has 1 atom stereocenters. The van der Waals surface area contributed by atoms with Crippen molar-refractivity contribution in [3.8, 4) is 0 Å². The first-order chi connectivity index (χ1) is 12.5. The maximum Gasteiger partial charge on any atom is 0.259 e. The minimum Gasteiger partial charge on any atom is -0.337 e. The fourth-order valence-corrected chi connectivity index (χ4v) is 3.70. The molecule has 26 heavy (non-hydrogen) atoms. The van der Waals surface area contributed by atoms with Crippen LogP contribution in [0.25, 0.3) is 11.1 Å². The van der Waals surface area contributed by atoms with Gasteiger partial charge in [-0.25, -0.2) is 9.97 Å². The van der Waals surface area contributed by atoms with Crippen molar-refractivity contribution in [3.63, 3.8) is 0 Å². The predicted molar refractivity (Wildman–Crippen MR) is 97.0 cm³/mol. The minimum absolute atomic E-state index is 0.0235. The number of amides is 1. The van der Waals surface area contributed by atoms with Gasteiger partial charge in [0.2, 0.25) is 0 Å². The largest absolute Gasteiger partial charge is 0.337 e. The highest BCUT2D eigenvalue weighted by atomic mass is 16.5. The van der Waals surface area contributed by atoms with Crippen LogP contribution in [0.5, 0.6) is 0 Å². The van der Waals surface area contributed by atoms with Gasteiger partial charge < -0.3 is 14.0 Å². The van der Waals surface area contributed by atoms with Gasteiger partial charge in [-0.1, -0.05) is 19.0 Å². The highest BCUT2D eigenvalue weighted by molar-refractivity contribution is 6.06. The summed E-state index contributed by atoms with van der Waals surface area (Å²) in [5.41, 5.74) is 2.64. The first-order valence-corrected chi connectivity index (χ1v) is 9.08. The monoisotopic (exact) mass is 353 g/mol. The van der Waals surface area contributed by atoms with Crippen LogP contribution in [0.1, 0.15) is 60.4 Å². The maximum atomic E-state index is 13.4. The van der Waals surface area contributed by atoms with E-state index < -0.39 is 0 Å². The zero-order chi connectivity index (χ0) is 18.3. The summed E-state index contributed by atoms with van der Waals surface area (Å²) in [6, 6.07) is 2.12. The van der Waals surface area contributed by atoms with E-state index in [1.807, 2.05) is 44.3 Å². The van der Waals surface area contributed by atoms with Crippen LogP contribution < -0.4 is 0 Å². The Morgan fingerprint density at radius 1 is 1.38 bits per heavy atom. The Labute approximate surface area is 152 Å². The van der Waals surface area contributed by atoms with Gasteiger partial charge in [-0.05, 0) is 31.7 Å². The van der Waals surface area contributed by atoms with Crippen molar-refractivity contribution in [3.05, 3.63) is 41.7 Å². The number of carbonyl (C=O) groups is 1. The molecular formula is C19H23N5O2. The minimum atomic E-state index is 0.0235. The van der Waals surface area contributed by atoms with Gasteiger partial charge in [0.15, 0.2) is 0 Å². The highest BCUT2D eigenvalue weighted by Gasteiger charge is 2.29. The van der Waals surface area contributed by atoms with Crippen molar-refractivity contribution < 1.29 is 9.32 Å². The Hall–Kier alpha value is -2.70. The third-order valence-corrected chi connectivity index (χ3v) is 5.01.